The van der Waals surface area contributed by atoms with Crippen LogP contribution in [-0.2, 0) is 6.54 Å². The maximum atomic E-state index is 12.1. The van der Waals surface area contributed by atoms with Crippen molar-refractivity contribution in [2.75, 3.05) is 13.1 Å². The molecule has 3 nitrogen and oxygen atoms in total. The van der Waals surface area contributed by atoms with E-state index >= 15 is 0 Å². The third-order valence-electron chi connectivity index (χ3n) is 3.33. The molecular weight excluding hydrogens is 269 g/mol. The van der Waals surface area contributed by atoms with Crippen molar-refractivity contribution in [3.05, 3.63) is 29.8 Å². The maximum Gasteiger partial charge on any atom is 0.573 e. The zero-order chi connectivity index (χ0) is 14.8. The van der Waals surface area contributed by atoms with Gasteiger partial charge in [0.05, 0.1) is 0 Å². The molecule has 20 heavy (non-hydrogen) atoms. The number of hydrogen-bond donors (Lipinski definition) is 1. The summed E-state index contributed by atoms with van der Waals surface area (Å²) in [5.41, 5.74) is 6.94. The normalized spacial score (nSPS) is 24.6. The van der Waals surface area contributed by atoms with Crippen molar-refractivity contribution in [1.82, 2.24) is 4.90 Å². The van der Waals surface area contributed by atoms with Crippen LogP contribution in [0.1, 0.15) is 18.9 Å². The summed E-state index contributed by atoms with van der Waals surface area (Å²) in [5.74, 6) is 0.358. The highest BCUT2D eigenvalue weighted by Gasteiger charge is 2.31. The molecule has 0 radical (unpaired) electrons. The van der Waals surface area contributed by atoms with Crippen molar-refractivity contribution in [1.29, 1.82) is 0 Å². The summed E-state index contributed by atoms with van der Waals surface area (Å²) >= 11 is 0. The van der Waals surface area contributed by atoms with E-state index in [1.54, 1.807) is 12.1 Å². The zero-order valence-corrected chi connectivity index (χ0v) is 11.4. The van der Waals surface area contributed by atoms with E-state index in [9.17, 15) is 13.2 Å². The van der Waals surface area contributed by atoms with Gasteiger partial charge in [-0.15, -0.1) is 13.2 Å². The highest BCUT2D eigenvalue weighted by molar-refractivity contribution is 5.27. The summed E-state index contributed by atoms with van der Waals surface area (Å²) < 4.78 is 40.0. The number of nitrogens with two attached hydrogens (primary N) is 1. The van der Waals surface area contributed by atoms with Crippen LogP contribution in [-0.4, -0.2) is 30.4 Å². The number of nitrogens with zero attached hydrogens (tertiary/aromatic N) is 1. The first-order valence-corrected chi connectivity index (χ1v) is 6.64. The molecule has 0 bridgehead atoms. The molecule has 112 valence electrons. The smallest absolute Gasteiger partial charge is 0.406 e. The Morgan fingerprint density at radius 2 is 1.90 bits per heavy atom. The lowest BCUT2D eigenvalue weighted by atomic mass is 9.96. The highest BCUT2D eigenvalue weighted by Crippen LogP contribution is 2.23. The van der Waals surface area contributed by atoms with Gasteiger partial charge in [0.15, 0.2) is 0 Å². The third kappa shape index (κ3) is 4.68. The lowest BCUT2D eigenvalue weighted by Gasteiger charge is -2.34. The molecule has 1 aromatic carbocycles. The quantitative estimate of drug-likeness (QED) is 0.929. The molecule has 0 aliphatic carbocycles. The standard InChI is InChI=1S/C14H19F3N2O/c1-10-6-12(18)9-19(7-10)8-11-2-4-13(5-3-11)20-14(15,16)17/h2-5,10,12H,6-9,18H2,1H3. The Balaban J connectivity index is 1.93. The highest BCUT2D eigenvalue weighted by atomic mass is 19.4. The van der Waals surface area contributed by atoms with E-state index in [4.69, 9.17) is 5.73 Å². The van der Waals surface area contributed by atoms with Crippen molar-refractivity contribution in [3.63, 3.8) is 0 Å². The van der Waals surface area contributed by atoms with E-state index in [0.717, 1.165) is 25.1 Å². The number of halogens is 3. The second-order valence-corrected chi connectivity index (χ2v) is 5.49. The summed E-state index contributed by atoms with van der Waals surface area (Å²) in [5, 5.41) is 0. The van der Waals surface area contributed by atoms with E-state index in [-0.39, 0.29) is 11.8 Å². The van der Waals surface area contributed by atoms with Gasteiger partial charge in [0.1, 0.15) is 5.75 Å². The van der Waals surface area contributed by atoms with Gasteiger partial charge in [0.25, 0.3) is 0 Å². The number of benzene rings is 1. The lowest BCUT2D eigenvalue weighted by molar-refractivity contribution is -0.274. The minimum atomic E-state index is -4.64. The number of ether oxygens (including phenoxy) is 1. The van der Waals surface area contributed by atoms with Gasteiger partial charge < -0.3 is 10.5 Å². The number of piperidine rings is 1. The number of rotatable bonds is 3. The summed E-state index contributed by atoms with van der Waals surface area (Å²) in [7, 11) is 0. The van der Waals surface area contributed by atoms with Crippen LogP contribution < -0.4 is 10.5 Å². The fourth-order valence-corrected chi connectivity index (χ4v) is 2.70. The molecule has 1 fully saturated rings. The van der Waals surface area contributed by atoms with E-state index in [1.165, 1.54) is 12.1 Å². The Morgan fingerprint density at radius 3 is 2.45 bits per heavy atom. The Kier molecular flexibility index (Phi) is 4.55. The molecule has 2 rings (SSSR count). The van der Waals surface area contributed by atoms with Crippen LogP contribution in [0.15, 0.2) is 24.3 Å². The van der Waals surface area contributed by atoms with Gasteiger partial charge in [-0.1, -0.05) is 19.1 Å². The van der Waals surface area contributed by atoms with Crippen molar-refractivity contribution in [2.24, 2.45) is 11.7 Å². The monoisotopic (exact) mass is 288 g/mol. The predicted octanol–water partition coefficient (Wildman–Crippen LogP) is 2.75. The summed E-state index contributed by atoms with van der Waals surface area (Å²) in [6, 6.07) is 6.18. The van der Waals surface area contributed by atoms with Crippen molar-refractivity contribution >= 4 is 0 Å². The molecule has 1 saturated heterocycles. The molecule has 1 aliphatic heterocycles. The lowest BCUT2D eigenvalue weighted by Crippen LogP contribution is -2.45. The summed E-state index contributed by atoms with van der Waals surface area (Å²) in [4.78, 5) is 2.23. The van der Waals surface area contributed by atoms with Crippen LogP contribution in [0.25, 0.3) is 0 Å². The fourth-order valence-electron chi connectivity index (χ4n) is 2.70. The van der Waals surface area contributed by atoms with Crippen LogP contribution in [0.2, 0.25) is 0 Å². The van der Waals surface area contributed by atoms with E-state index in [0.29, 0.717) is 12.5 Å². The number of alkyl halides is 3. The minimum absolute atomic E-state index is 0.173. The average Bonchev–Trinajstić information content (AvgIpc) is 2.28. The van der Waals surface area contributed by atoms with Crippen LogP contribution in [0.5, 0.6) is 5.75 Å². The molecule has 2 unspecified atom stereocenters. The number of likely N-dealkylation sites (tertiary alicyclic amines) is 1. The van der Waals surface area contributed by atoms with Gasteiger partial charge >= 0.3 is 6.36 Å². The predicted molar refractivity (Wildman–Crippen MR) is 70.2 cm³/mol. The van der Waals surface area contributed by atoms with Gasteiger partial charge in [0, 0.05) is 25.7 Å². The molecule has 0 spiro atoms. The molecule has 0 saturated carbocycles. The Morgan fingerprint density at radius 1 is 1.25 bits per heavy atom. The summed E-state index contributed by atoms with van der Waals surface area (Å²) in [6.07, 6.45) is -3.62. The molecule has 0 aromatic heterocycles. The maximum absolute atomic E-state index is 12.1. The fraction of sp³-hybridized carbons (Fsp3) is 0.571. The van der Waals surface area contributed by atoms with Crippen LogP contribution in [0.3, 0.4) is 0 Å². The summed E-state index contributed by atoms with van der Waals surface area (Å²) in [6.45, 7) is 4.65. The topological polar surface area (TPSA) is 38.5 Å². The van der Waals surface area contributed by atoms with Gasteiger partial charge in [0.2, 0.25) is 0 Å². The second-order valence-electron chi connectivity index (χ2n) is 5.49. The molecule has 1 aromatic rings. The van der Waals surface area contributed by atoms with E-state index < -0.39 is 6.36 Å². The third-order valence-corrected chi connectivity index (χ3v) is 3.33. The molecule has 1 heterocycles. The number of hydrogen-bond acceptors (Lipinski definition) is 3. The van der Waals surface area contributed by atoms with Crippen molar-refractivity contribution in [3.8, 4) is 5.75 Å². The first kappa shape index (κ1) is 15.1. The molecule has 1 aliphatic rings. The SMILES string of the molecule is CC1CC(N)CN(Cc2ccc(OC(F)(F)F)cc2)C1. The van der Waals surface area contributed by atoms with Crippen molar-refractivity contribution in [2.45, 2.75) is 32.3 Å². The first-order valence-electron chi connectivity index (χ1n) is 6.64. The van der Waals surface area contributed by atoms with Gasteiger partial charge in [-0.3, -0.25) is 4.90 Å². The van der Waals surface area contributed by atoms with Crippen LogP contribution >= 0.6 is 0 Å². The zero-order valence-electron chi connectivity index (χ0n) is 11.4. The van der Waals surface area contributed by atoms with E-state index in [1.807, 2.05) is 0 Å². The van der Waals surface area contributed by atoms with Crippen molar-refractivity contribution < 1.29 is 17.9 Å². The molecule has 2 atom stereocenters. The van der Waals surface area contributed by atoms with Gasteiger partial charge in [-0.25, -0.2) is 0 Å². The first-order chi connectivity index (χ1) is 9.32. The molecule has 6 heteroatoms. The second kappa shape index (κ2) is 6.01. The van der Waals surface area contributed by atoms with Crippen LogP contribution in [0, 0.1) is 5.92 Å². The van der Waals surface area contributed by atoms with Crippen LogP contribution in [0.4, 0.5) is 13.2 Å². The average molecular weight is 288 g/mol. The molecular formula is C14H19F3N2O. The Bertz CT molecular complexity index is 423. The van der Waals surface area contributed by atoms with Gasteiger partial charge in [-0.2, -0.15) is 0 Å². The largest absolute Gasteiger partial charge is 0.573 e. The van der Waals surface area contributed by atoms with Gasteiger partial charge in [-0.05, 0) is 30.0 Å². The minimum Gasteiger partial charge on any atom is -0.406 e. The molecule has 0 amide bonds. The molecule has 2 N–H and O–H groups in total. The Labute approximate surface area is 116 Å². The van der Waals surface area contributed by atoms with E-state index in [2.05, 4.69) is 16.6 Å². The Hall–Kier alpha value is -1.27.